The van der Waals surface area contributed by atoms with Crippen molar-refractivity contribution in [3.05, 3.63) is 35.5 Å². The Bertz CT molecular complexity index is 695. The average Bonchev–Trinajstić information content (AvgIpc) is 3.03. The summed E-state index contributed by atoms with van der Waals surface area (Å²) in [7, 11) is 0. The Hall–Kier alpha value is -1.29. The largest absolute Gasteiger partial charge is 0.198 e. The fourth-order valence-electron chi connectivity index (χ4n) is 6.50. The van der Waals surface area contributed by atoms with Crippen LogP contribution in [0.4, 0.5) is 0 Å². The maximum absolute atomic E-state index is 9.27. The number of rotatable bonds is 4. The quantitative estimate of drug-likeness (QED) is 0.440. The van der Waals surface area contributed by atoms with Gasteiger partial charge in [0.15, 0.2) is 0 Å². The third-order valence-corrected chi connectivity index (χ3v) is 8.12. The van der Waals surface area contributed by atoms with Gasteiger partial charge in [-0.05, 0) is 92.8 Å². The molecule has 0 aliphatic heterocycles. The van der Waals surface area contributed by atoms with Crippen molar-refractivity contribution in [1.29, 1.82) is 5.26 Å². The molecule has 160 valence electrons. The molecule has 0 aromatic heterocycles. The van der Waals surface area contributed by atoms with E-state index in [-0.39, 0.29) is 5.92 Å². The predicted octanol–water partition coefficient (Wildman–Crippen LogP) is 8.40. The molecule has 29 heavy (non-hydrogen) atoms. The lowest BCUT2D eigenvalue weighted by Gasteiger charge is -2.44. The average molecular weight is 394 g/mol. The lowest BCUT2D eigenvalue weighted by Crippen LogP contribution is -2.35. The predicted molar refractivity (Wildman–Crippen MR) is 124 cm³/mol. The van der Waals surface area contributed by atoms with E-state index in [0.29, 0.717) is 16.7 Å². The third-order valence-electron chi connectivity index (χ3n) is 8.12. The molecule has 1 nitrogen and oxygen atoms in total. The number of nitriles is 1. The topological polar surface area (TPSA) is 23.8 Å². The Balaban J connectivity index is 1.70. The number of nitrogens with zero attached hydrogens (tertiary/aromatic N) is 1. The lowest BCUT2D eigenvalue weighted by molar-refractivity contribution is 0.112. The van der Waals surface area contributed by atoms with Gasteiger partial charge in [0.1, 0.15) is 0 Å². The maximum Gasteiger partial charge on any atom is 0.0659 e. The minimum absolute atomic E-state index is 0.251. The van der Waals surface area contributed by atoms with Crippen LogP contribution < -0.4 is 0 Å². The van der Waals surface area contributed by atoms with Gasteiger partial charge in [-0.1, -0.05) is 70.1 Å². The fourth-order valence-corrected chi connectivity index (χ4v) is 6.50. The summed E-state index contributed by atoms with van der Waals surface area (Å²) >= 11 is 0. The molecular formula is C28H43N. The second kappa shape index (κ2) is 9.24. The van der Waals surface area contributed by atoms with Crippen molar-refractivity contribution in [1.82, 2.24) is 0 Å². The first kappa shape index (κ1) is 22.4. The zero-order chi connectivity index (χ0) is 21.1. The van der Waals surface area contributed by atoms with Crippen LogP contribution >= 0.6 is 0 Å². The zero-order valence-corrected chi connectivity index (χ0v) is 19.6. The molecule has 0 amide bonds. The van der Waals surface area contributed by atoms with Gasteiger partial charge in [-0.25, -0.2) is 0 Å². The zero-order valence-electron chi connectivity index (χ0n) is 19.6. The normalized spacial score (nSPS) is 37.0. The summed E-state index contributed by atoms with van der Waals surface area (Å²) in [6.45, 7) is 12.0. The standard InChI is InChI=1S/C28H43N/c1-21(9-7-17-27(2,3)4)25-15-16-26-24(12-8-18-28(25,26)5)14-13-22-10-6-11-23(19-22)20-29/h7,9,13-14,21,23,25-26H,6,8,10-12,15-19H2,1-5H3/b9-7+,22-13-,24-14+/t21-,23?,25?,26?,28?/m1/s1. The molecule has 0 radical (unpaired) electrons. The lowest BCUT2D eigenvalue weighted by atomic mass is 9.61. The van der Waals surface area contributed by atoms with Crippen LogP contribution in [-0.2, 0) is 0 Å². The van der Waals surface area contributed by atoms with Gasteiger partial charge in [0, 0.05) is 0 Å². The molecule has 0 saturated heterocycles. The van der Waals surface area contributed by atoms with E-state index in [9.17, 15) is 5.26 Å². The molecule has 5 atom stereocenters. The highest BCUT2D eigenvalue weighted by molar-refractivity contribution is 5.26. The summed E-state index contributed by atoms with van der Waals surface area (Å²) in [6, 6.07) is 2.49. The van der Waals surface area contributed by atoms with Crippen LogP contribution in [0, 0.1) is 45.8 Å². The van der Waals surface area contributed by atoms with Crippen molar-refractivity contribution in [2.45, 2.75) is 98.8 Å². The van der Waals surface area contributed by atoms with Gasteiger partial charge < -0.3 is 0 Å². The van der Waals surface area contributed by atoms with E-state index in [4.69, 9.17) is 0 Å². The molecule has 0 N–H and O–H groups in total. The van der Waals surface area contributed by atoms with Gasteiger partial charge in [-0.2, -0.15) is 5.26 Å². The van der Waals surface area contributed by atoms with E-state index < -0.39 is 0 Å². The molecule has 0 bridgehead atoms. The minimum Gasteiger partial charge on any atom is -0.198 e. The van der Waals surface area contributed by atoms with Crippen molar-refractivity contribution in [2.24, 2.45) is 34.5 Å². The van der Waals surface area contributed by atoms with Crippen LogP contribution in [-0.4, -0.2) is 0 Å². The van der Waals surface area contributed by atoms with Crippen LogP contribution in [0.5, 0.6) is 0 Å². The van der Waals surface area contributed by atoms with Crippen molar-refractivity contribution in [2.75, 3.05) is 0 Å². The van der Waals surface area contributed by atoms with Crippen molar-refractivity contribution in [3.8, 4) is 6.07 Å². The highest BCUT2D eigenvalue weighted by Gasteiger charge is 2.50. The van der Waals surface area contributed by atoms with E-state index in [1.165, 1.54) is 56.9 Å². The Morgan fingerprint density at radius 3 is 2.66 bits per heavy atom. The van der Waals surface area contributed by atoms with E-state index in [1.54, 1.807) is 5.57 Å². The molecular weight excluding hydrogens is 350 g/mol. The summed E-state index contributed by atoms with van der Waals surface area (Å²) in [5.41, 5.74) is 4.07. The SMILES string of the molecule is C[C@H](/C=C/CC(C)(C)C)C1CCC2/C(=C/C=C3/CCCC(C#N)C3)CCCC21C. The van der Waals surface area contributed by atoms with Gasteiger partial charge in [0.2, 0.25) is 0 Å². The van der Waals surface area contributed by atoms with Crippen molar-refractivity contribution >= 4 is 0 Å². The first-order valence-electron chi connectivity index (χ1n) is 12.2. The highest BCUT2D eigenvalue weighted by Crippen LogP contribution is 2.59. The Kier molecular flexibility index (Phi) is 7.14. The van der Waals surface area contributed by atoms with Gasteiger partial charge in [0.05, 0.1) is 12.0 Å². The molecule has 0 heterocycles. The summed E-state index contributed by atoms with van der Waals surface area (Å²) < 4.78 is 0. The van der Waals surface area contributed by atoms with Crippen LogP contribution in [0.1, 0.15) is 98.8 Å². The first-order valence-corrected chi connectivity index (χ1v) is 12.2. The van der Waals surface area contributed by atoms with Gasteiger partial charge in [0.25, 0.3) is 0 Å². The summed E-state index contributed by atoms with van der Waals surface area (Å²) in [4.78, 5) is 0. The molecule has 0 aromatic rings. The number of fused-ring (bicyclic) bond motifs is 1. The second-order valence-corrected chi connectivity index (χ2v) is 11.6. The molecule has 3 aliphatic rings. The van der Waals surface area contributed by atoms with Crippen LogP contribution in [0.3, 0.4) is 0 Å². The number of hydrogen-bond acceptors (Lipinski definition) is 1. The smallest absolute Gasteiger partial charge is 0.0659 e. The molecule has 3 fully saturated rings. The Morgan fingerprint density at radius 2 is 1.93 bits per heavy atom. The van der Waals surface area contributed by atoms with E-state index in [1.807, 2.05) is 0 Å². The van der Waals surface area contributed by atoms with Crippen LogP contribution in [0.25, 0.3) is 0 Å². The molecule has 3 rings (SSSR count). The molecule has 1 heteroatoms. The maximum atomic E-state index is 9.27. The van der Waals surface area contributed by atoms with Gasteiger partial charge >= 0.3 is 0 Å². The summed E-state index contributed by atoms with van der Waals surface area (Å²) in [6.07, 6.45) is 22.3. The fraction of sp³-hybridized carbons (Fsp3) is 0.750. The third kappa shape index (κ3) is 5.45. The summed E-state index contributed by atoms with van der Waals surface area (Å²) in [5, 5.41) is 9.27. The van der Waals surface area contributed by atoms with E-state index in [2.05, 4.69) is 65.0 Å². The second-order valence-electron chi connectivity index (χ2n) is 11.6. The van der Waals surface area contributed by atoms with Crippen molar-refractivity contribution in [3.63, 3.8) is 0 Å². The van der Waals surface area contributed by atoms with Gasteiger partial charge in [-0.15, -0.1) is 0 Å². The minimum atomic E-state index is 0.251. The van der Waals surface area contributed by atoms with Crippen molar-refractivity contribution < 1.29 is 0 Å². The monoisotopic (exact) mass is 393 g/mol. The highest BCUT2D eigenvalue weighted by atomic mass is 14.5. The summed E-state index contributed by atoms with van der Waals surface area (Å²) in [5.74, 6) is 2.52. The molecule has 0 aromatic carbocycles. The Labute approximate surface area is 180 Å². The first-order chi connectivity index (χ1) is 13.7. The van der Waals surface area contributed by atoms with Gasteiger partial charge in [-0.3, -0.25) is 0 Å². The molecule has 4 unspecified atom stereocenters. The molecule has 0 spiro atoms. The van der Waals surface area contributed by atoms with E-state index in [0.717, 1.165) is 24.7 Å². The van der Waals surface area contributed by atoms with Crippen LogP contribution in [0.15, 0.2) is 35.5 Å². The molecule has 3 aliphatic carbocycles. The number of hydrogen-bond donors (Lipinski definition) is 0. The van der Waals surface area contributed by atoms with Crippen LogP contribution in [0.2, 0.25) is 0 Å². The molecule has 3 saturated carbocycles. The Morgan fingerprint density at radius 1 is 1.14 bits per heavy atom. The number of allylic oxidation sites excluding steroid dienone is 6. The van der Waals surface area contributed by atoms with E-state index >= 15 is 0 Å².